The fraction of sp³-hybridized carbons (Fsp3) is 0.188. The van der Waals surface area contributed by atoms with E-state index in [9.17, 15) is 9.90 Å². The minimum atomic E-state index is -0.994. The Bertz CT molecular complexity index is 639. The van der Waals surface area contributed by atoms with Crippen LogP contribution in [-0.4, -0.2) is 44.1 Å². The van der Waals surface area contributed by atoms with Gasteiger partial charge in [-0.1, -0.05) is 18.2 Å². The molecule has 0 aliphatic carbocycles. The number of rotatable bonds is 5. The van der Waals surface area contributed by atoms with Crippen LogP contribution in [0, 0.1) is 0 Å². The lowest BCUT2D eigenvalue weighted by Crippen LogP contribution is -1.99. The summed E-state index contributed by atoms with van der Waals surface area (Å²) in [5.41, 5.74) is 1.70. The Balaban J connectivity index is 0.000000238. The van der Waals surface area contributed by atoms with Crippen LogP contribution >= 0.6 is 0 Å². The normalized spacial score (nSPS) is 10.2. The summed E-state index contributed by atoms with van der Waals surface area (Å²) in [7, 11) is 0. The van der Waals surface area contributed by atoms with Crippen LogP contribution < -0.4 is 0 Å². The Morgan fingerprint density at radius 3 is 2.17 bits per heavy atom. The zero-order valence-electron chi connectivity index (χ0n) is 12.3. The van der Waals surface area contributed by atoms with Gasteiger partial charge in [0, 0.05) is 11.8 Å². The van der Waals surface area contributed by atoms with Crippen molar-refractivity contribution in [2.24, 2.45) is 4.99 Å². The second-order valence-corrected chi connectivity index (χ2v) is 4.36. The highest BCUT2D eigenvalue weighted by molar-refractivity contribution is 5.84. The average molecular weight is 318 g/mol. The summed E-state index contributed by atoms with van der Waals surface area (Å²) in [6.07, 6.45) is 1.34. The van der Waals surface area contributed by atoms with Gasteiger partial charge in [-0.05, 0) is 24.3 Å². The Morgan fingerprint density at radius 2 is 1.65 bits per heavy atom. The second kappa shape index (κ2) is 10.0. The lowest BCUT2D eigenvalue weighted by Gasteiger charge is -1.96. The molecule has 0 fully saturated rings. The van der Waals surface area contributed by atoms with E-state index < -0.39 is 5.97 Å². The van der Waals surface area contributed by atoms with Gasteiger partial charge in [-0.25, -0.2) is 0 Å². The third-order valence-corrected chi connectivity index (χ3v) is 2.58. The van der Waals surface area contributed by atoms with E-state index in [4.69, 9.17) is 15.3 Å². The number of phenols is 1. The molecule has 1 heterocycles. The number of hydrogen-bond donors (Lipinski definition) is 4. The van der Waals surface area contributed by atoms with Crippen molar-refractivity contribution in [3.63, 3.8) is 0 Å². The van der Waals surface area contributed by atoms with Gasteiger partial charge in [-0.3, -0.25) is 14.8 Å². The molecule has 7 nitrogen and oxygen atoms in total. The van der Waals surface area contributed by atoms with Crippen LogP contribution in [0.5, 0.6) is 5.75 Å². The first kappa shape index (κ1) is 18.3. The fourth-order valence-electron chi connectivity index (χ4n) is 1.52. The smallest absolute Gasteiger partial charge is 0.325 e. The number of aromatic hydroxyl groups is 1. The van der Waals surface area contributed by atoms with Crippen LogP contribution in [0.4, 0.5) is 0 Å². The van der Waals surface area contributed by atoms with Crippen LogP contribution in [0.15, 0.2) is 47.5 Å². The van der Waals surface area contributed by atoms with Gasteiger partial charge in [-0.15, -0.1) is 0 Å². The van der Waals surface area contributed by atoms with E-state index in [0.29, 0.717) is 17.0 Å². The maximum absolute atomic E-state index is 10.1. The van der Waals surface area contributed by atoms with Gasteiger partial charge < -0.3 is 20.4 Å². The molecule has 0 saturated heterocycles. The molecule has 2 rings (SSSR count). The molecule has 23 heavy (non-hydrogen) atoms. The molecule has 0 radical (unpaired) electrons. The highest BCUT2D eigenvalue weighted by atomic mass is 16.4. The van der Waals surface area contributed by atoms with Crippen LogP contribution in [0.2, 0.25) is 0 Å². The average Bonchev–Trinajstić information content (AvgIpc) is 2.57. The number of phenolic OH excluding ortho intramolecular Hbond substituents is 1. The molecule has 2 aromatic rings. The predicted molar refractivity (Wildman–Crippen MR) is 84.3 cm³/mol. The maximum atomic E-state index is 10.1. The molecular formula is C16H18N2O5. The molecule has 0 unspecified atom stereocenters. The van der Waals surface area contributed by atoms with Crippen LogP contribution in [0.25, 0.3) is 0 Å². The Hall–Kier alpha value is -2.77. The standard InChI is InChI=1S/C9H9NO3.C7H9NO2/c11-8-4-2-1-3-7(8)5-10-6-9(12)13;9-4-6-2-1-3-7(5-10)8-6/h1-5,11H,6H2,(H,12,13);1-3,9-10H,4-5H2. The summed E-state index contributed by atoms with van der Waals surface area (Å²) in [6.45, 7) is -0.435. The highest BCUT2D eigenvalue weighted by Crippen LogP contribution is 2.12. The van der Waals surface area contributed by atoms with Crippen molar-refractivity contribution >= 4 is 12.2 Å². The Labute approximate surface area is 133 Å². The van der Waals surface area contributed by atoms with E-state index in [1.54, 1.807) is 36.4 Å². The molecule has 0 bridgehead atoms. The van der Waals surface area contributed by atoms with E-state index in [-0.39, 0.29) is 25.5 Å². The Kier molecular flexibility index (Phi) is 7.98. The van der Waals surface area contributed by atoms with Gasteiger partial charge in [0.2, 0.25) is 0 Å². The van der Waals surface area contributed by atoms with E-state index in [2.05, 4.69) is 9.98 Å². The molecule has 1 aromatic carbocycles. The first-order valence-electron chi connectivity index (χ1n) is 6.73. The Morgan fingerprint density at radius 1 is 1.04 bits per heavy atom. The second-order valence-electron chi connectivity index (χ2n) is 4.36. The molecule has 1 aromatic heterocycles. The number of pyridine rings is 1. The van der Waals surface area contributed by atoms with Crippen molar-refractivity contribution in [1.29, 1.82) is 0 Å². The number of carboxylic acid groups (broad SMARTS) is 1. The molecular weight excluding hydrogens is 300 g/mol. The molecule has 0 saturated carbocycles. The third-order valence-electron chi connectivity index (χ3n) is 2.58. The number of carboxylic acids is 1. The predicted octanol–water partition coefficient (Wildman–Crippen LogP) is 0.962. The van der Waals surface area contributed by atoms with E-state index in [1.165, 1.54) is 12.3 Å². The summed E-state index contributed by atoms with van der Waals surface area (Å²) >= 11 is 0. The molecule has 4 N–H and O–H groups in total. The molecule has 0 spiro atoms. The van der Waals surface area contributed by atoms with Gasteiger partial charge in [0.15, 0.2) is 0 Å². The van der Waals surface area contributed by atoms with Crippen molar-refractivity contribution in [3.8, 4) is 5.75 Å². The lowest BCUT2D eigenvalue weighted by atomic mass is 10.2. The number of aliphatic carboxylic acids is 1. The number of aliphatic hydroxyl groups excluding tert-OH is 2. The first-order valence-corrected chi connectivity index (χ1v) is 6.73. The first-order chi connectivity index (χ1) is 11.1. The number of aromatic nitrogens is 1. The van der Waals surface area contributed by atoms with Crippen molar-refractivity contribution in [3.05, 3.63) is 59.4 Å². The molecule has 122 valence electrons. The minimum Gasteiger partial charge on any atom is -0.507 e. The van der Waals surface area contributed by atoms with Gasteiger partial charge in [-0.2, -0.15) is 0 Å². The summed E-state index contributed by atoms with van der Waals surface area (Å²) in [5.74, 6) is -0.900. The van der Waals surface area contributed by atoms with Crippen molar-refractivity contribution in [2.75, 3.05) is 6.54 Å². The molecule has 0 aliphatic heterocycles. The van der Waals surface area contributed by atoms with Gasteiger partial charge in [0.05, 0.1) is 24.6 Å². The van der Waals surface area contributed by atoms with E-state index in [0.717, 1.165) is 0 Å². The third kappa shape index (κ3) is 7.16. The number of benzene rings is 1. The highest BCUT2D eigenvalue weighted by Gasteiger charge is 1.95. The van der Waals surface area contributed by atoms with Gasteiger partial charge >= 0.3 is 5.97 Å². The number of para-hydroxylation sites is 1. The van der Waals surface area contributed by atoms with E-state index in [1.807, 2.05) is 0 Å². The summed E-state index contributed by atoms with van der Waals surface area (Å²) in [4.78, 5) is 17.6. The van der Waals surface area contributed by atoms with Crippen molar-refractivity contribution < 1.29 is 25.2 Å². The number of nitrogens with zero attached hydrogens (tertiary/aromatic N) is 2. The zero-order chi connectivity index (χ0) is 17.1. The monoisotopic (exact) mass is 318 g/mol. The van der Waals surface area contributed by atoms with Crippen LogP contribution in [0.1, 0.15) is 17.0 Å². The summed E-state index contributed by atoms with van der Waals surface area (Å²) < 4.78 is 0. The fourth-order valence-corrected chi connectivity index (χ4v) is 1.52. The summed E-state index contributed by atoms with van der Waals surface area (Å²) in [6, 6.07) is 11.8. The number of aliphatic hydroxyl groups is 2. The maximum Gasteiger partial charge on any atom is 0.325 e. The number of aliphatic imine (C=N–C) groups is 1. The molecule has 0 atom stereocenters. The topological polar surface area (TPSA) is 123 Å². The zero-order valence-corrected chi connectivity index (χ0v) is 12.3. The number of carbonyl (C=O) groups is 1. The largest absolute Gasteiger partial charge is 0.507 e. The molecule has 7 heteroatoms. The lowest BCUT2D eigenvalue weighted by molar-refractivity contribution is -0.135. The van der Waals surface area contributed by atoms with Gasteiger partial charge in [0.25, 0.3) is 0 Å². The number of hydrogen-bond acceptors (Lipinski definition) is 6. The van der Waals surface area contributed by atoms with Gasteiger partial charge in [0.1, 0.15) is 12.3 Å². The quantitative estimate of drug-likeness (QED) is 0.609. The van der Waals surface area contributed by atoms with Crippen molar-refractivity contribution in [2.45, 2.75) is 13.2 Å². The minimum absolute atomic E-state index is 0.0756. The molecule has 0 amide bonds. The van der Waals surface area contributed by atoms with Crippen LogP contribution in [-0.2, 0) is 18.0 Å². The SMILES string of the molecule is O=C(O)CN=Cc1ccccc1O.OCc1cccc(CO)n1. The van der Waals surface area contributed by atoms with Crippen LogP contribution in [0.3, 0.4) is 0 Å². The van der Waals surface area contributed by atoms with E-state index >= 15 is 0 Å². The molecule has 0 aliphatic rings. The van der Waals surface area contributed by atoms with Crippen molar-refractivity contribution in [1.82, 2.24) is 4.98 Å². The summed E-state index contributed by atoms with van der Waals surface area (Å²) in [5, 5.41) is 34.7.